The highest BCUT2D eigenvalue weighted by molar-refractivity contribution is 6.31. The summed E-state index contributed by atoms with van der Waals surface area (Å²) in [5.74, 6) is 0.887. The Labute approximate surface area is 102 Å². The molecule has 0 aromatic heterocycles. The lowest BCUT2D eigenvalue weighted by molar-refractivity contribution is 0.226. The van der Waals surface area contributed by atoms with Crippen LogP contribution in [0.1, 0.15) is 25.3 Å². The third-order valence-corrected chi connectivity index (χ3v) is 3.85. The fourth-order valence-electron chi connectivity index (χ4n) is 2.04. The third-order valence-electron chi connectivity index (χ3n) is 3.50. The zero-order chi connectivity index (χ0) is 11.7. The Morgan fingerprint density at radius 1 is 1.50 bits per heavy atom. The highest BCUT2D eigenvalue weighted by Crippen LogP contribution is 2.35. The fraction of sp³-hybridized carbons (Fsp3) is 0.538. The summed E-state index contributed by atoms with van der Waals surface area (Å²) in [6.07, 6.45) is 2.75. The summed E-state index contributed by atoms with van der Waals surface area (Å²) in [7, 11) is 2.16. The van der Waals surface area contributed by atoms with Crippen molar-refractivity contribution in [3.63, 3.8) is 0 Å². The lowest BCUT2D eigenvalue weighted by Crippen LogP contribution is -2.30. The van der Waals surface area contributed by atoms with Gasteiger partial charge in [-0.25, -0.2) is 0 Å². The molecule has 2 nitrogen and oxygen atoms in total. The Hall–Kier alpha value is -0.730. The van der Waals surface area contributed by atoms with Gasteiger partial charge in [0.25, 0.3) is 0 Å². The molecule has 0 amide bonds. The van der Waals surface area contributed by atoms with Crippen molar-refractivity contribution >= 4 is 17.3 Å². The molecule has 1 saturated carbocycles. The molecule has 1 aliphatic rings. The van der Waals surface area contributed by atoms with Crippen LogP contribution in [0, 0.1) is 5.92 Å². The quantitative estimate of drug-likeness (QED) is 0.817. The van der Waals surface area contributed by atoms with Crippen molar-refractivity contribution in [2.75, 3.05) is 12.8 Å². The van der Waals surface area contributed by atoms with Gasteiger partial charge in [-0.05, 0) is 50.4 Å². The molecule has 0 heterocycles. The highest BCUT2D eigenvalue weighted by atomic mass is 35.5. The summed E-state index contributed by atoms with van der Waals surface area (Å²) in [6.45, 7) is 3.19. The van der Waals surface area contributed by atoms with E-state index in [1.165, 1.54) is 12.8 Å². The van der Waals surface area contributed by atoms with Gasteiger partial charge in [0.05, 0.1) is 0 Å². The smallest absolute Gasteiger partial charge is 0.0471 e. The van der Waals surface area contributed by atoms with E-state index in [0.29, 0.717) is 6.04 Å². The predicted octanol–water partition coefficient (Wildman–Crippen LogP) is 3.15. The van der Waals surface area contributed by atoms with Crippen LogP contribution in [-0.4, -0.2) is 18.0 Å². The van der Waals surface area contributed by atoms with Gasteiger partial charge in [-0.1, -0.05) is 17.7 Å². The minimum Gasteiger partial charge on any atom is -0.399 e. The maximum Gasteiger partial charge on any atom is 0.0471 e. The second-order valence-electron chi connectivity index (χ2n) is 4.84. The first-order chi connectivity index (χ1) is 7.58. The second-order valence-corrected chi connectivity index (χ2v) is 5.25. The molecule has 3 heteroatoms. The number of benzene rings is 1. The first kappa shape index (κ1) is 11.7. The van der Waals surface area contributed by atoms with Crippen LogP contribution in [0.5, 0.6) is 0 Å². The number of hydrogen-bond acceptors (Lipinski definition) is 2. The van der Waals surface area contributed by atoms with E-state index in [2.05, 4.69) is 18.9 Å². The zero-order valence-electron chi connectivity index (χ0n) is 9.91. The molecule has 1 atom stereocenters. The Morgan fingerprint density at radius 2 is 2.19 bits per heavy atom. The molecule has 1 aromatic rings. The molecule has 1 fully saturated rings. The monoisotopic (exact) mass is 238 g/mol. The summed E-state index contributed by atoms with van der Waals surface area (Å²) >= 11 is 6.17. The van der Waals surface area contributed by atoms with Gasteiger partial charge in [0.15, 0.2) is 0 Å². The van der Waals surface area contributed by atoms with E-state index >= 15 is 0 Å². The minimum absolute atomic E-state index is 0.647. The molecule has 1 unspecified atom stereocenters. The molecule has 0 saturated heterocycles. The van der Waals surface area contributed by atoms with Crippen LogP contribution in [0.4, 0.5) is 5.69 Å². The van der Waals surface area contributed by atoms with Crippen molar-refractivity contribution in [1.29, 1.82) is 0 Å². The molecule has 0 radical (unpaired) electrons. The average molecular weight is 239 g/mol. The number of nitrogens with two attached hydrogens (primary N) is 1. The number of nitrogens with zero attached hydrogens (tertiary/aromatic N) is 1. The van der Waals surface area contributed by atoms with Crippen molar-refractivity contribution in [1.82, 2.24) is 4.90 Å². The van der Waals surface area contributed by atoms with Crippen LogP contribution in [0.25, 0.3) is 0 Å². The second kappa shape index (κ2) is 4.64. The molecule has 1 aromatic carbocycles. The molecule has 2 rings (SSSR count). The van der Waals surface area contributed by atoms with Gasteiger partial charge in [0.1, 0.15) is 0 Å². The van der Waals surface area contributed by atoms with Crippen LogP contribution in [0.2, 0.25) is 5.02 Å². The molecule has 0 aliphatic heterocycles. The first-order valence-electron chi connectivity index (χ1n) is 5.82. The van der Waals surface area contributed by atoms with Gasteiger partial charge in [0, 0.05) is 23.3 Å². The summed E-state index contributed by atoms with van der Waals surface area (Å²) in [4.78, 5) is 2.37. The van der Waals surface area contributed by atoms with Gasteiger partial charge in [-0.2, -0.15) is 0 Å². The molecule has 1 aliphatic carbocycles. The van der Waals surface area contributed by atoms with Gasteiger partial charge in [-0.15, -0.1) is 0 Å². The van der Waals surface area contributed by atoms with Gasteiger partial charge in [0.2, 0.25) is 0 Å². The van der Waals surface area contributed by atoms with Gasteiger partial charge < -0.3 is 5.73 Å². The van der Waals surface area contributed by atoms with E-state index in [-0.39, 0.29) is 0 Å². The maximum atomic E-state index is 6.17. The van der Waals surface area contributed by atoms with Crippen molar-refractivity contribution in [2.24, 2.45) is 5.92 Å². The predicted molar refractivity (Wildman–Crippen MR) is 69.5 cm³/mol. The lowest BCUT2D eigenvalue weighted by Gasteiger charge is -2.25. The van der Waals surface area contributed by atoms with Crippen LogP contribution in [0.15, 0.2) is 18.2 Å². The van der Waals surface area contributed by atoms with E-state index in [9.17, 15) is 0 Å². The molecule has 2 N–H and O–H groups in total. The van der Waals surface area contributed by atoms with Crippen LogP contribution >= 0.6 is 11.6 Å². The fourth-order valence-corrected chi connectivity index (χ4v) is 2.29. The molecule has 0 spiro atoms. The van der Waals surface area contributed by atoms with Crippen LogP contribution in [-0.2, 0) is 6.54 Å². The summed E-state index contributed by atoms with van der Waals surface area (Å²) in [5.41, 5.74) is 7.56. The Morgan fingerprint density at radius 3 is 2.75 bits per heavy atom. The maximum absolute atomic E-state index is 6.17. The third kappa shape index (κ3) is 2.69. The van der Waals surface area contributed by atoms with E-state index in [1.807, 2.05) is 18.2 Å². The van der Waals surface area contributed by atoms with E-state index < -0.39 is 0 Å². The molecule has 0 bridgehead atoms. The largest absolute Gasteiger partial charge is 0.399 e. The van der Waals surface area contributed by atoms with Gasteiger partial charge in [-0.3, -0.25) is 4.90 Å². The molecule has 88 valence electrons. The molecular weight excluding hydrogens is 220 g/mol. The Kier molecular flexibility index (Phi) is 3.41. The SMILES string of the molecule is CC(C1CC1)N(C)Cc1ccc(N)cc1Cl. The number of hydrogen-bond donors (Lipinski definition) is 1. The molecular formula is C13H19ClN2. The number of anilines is 1. The summed E-state index contributed by atoms with van der Waals surface area (Å²) < 4.78 is 0. The minimum atomic E-state index is 0.647. The Bertz CT molecular complexity index is 374. The van der Waals surface area contributed by atoms with Crippen molar-refractivity contribution in [3.05, 3.63) is 28.8 Å². The molecule has 16 heavy (non-hydrogen) atoms. The van der Waals surface area contributed by atoms with Crippen molar-refractivity contribution in [3.8, 4) is 0 Å². The lowest BCUT2D eigenvalue weighted by atomic mass is 10.1. The van der Waals surface area contributed by atoms with Crippen molar-refractivity contribution in [2.45, 2.75) is 32.4 Å². The summed E-state index contributed by atoms with van der Waals surface area (Å²) in [6, 6.07) is 6.41. The standard InChI is InChI=1S/C13H19ClN2/c1-9(10-3-4-10)16(2)8-11-5-6-12(15)7-13(11)14/h5-7,9-10H,3-4,8,15H2,1-2H3. The zero-order valence-corrected chi connectivity index (χ0v) is 10.7. The number of halogens is 1. The van der Waals surface area contributed by atoms with E-state index in [0.717, 1.165) is 28.7 Å². The first-order valence-corrected chi connectivity index (χ1v) is 6.20. The number of rotatable bonds is 4. The average Bonchev–Trinajstić information content (AvgIpc) is 3.04. The number of nitrogen functional groups attached to an aromatic ring is 1. The van der Waals surface area contributed by atoms with Crippen LogP contribution in [0.3, 0.4) is 0 Å². The van der Waals surface area contributed by atoms with Gasteiger partial charge >= 0.3 is 0 Å². The van der Waals surface area contributed by atoms with Crippen LogP contribution < -0.4 is 5.73 Å². The topological polar surface area (TPSA) is 29.3 Å². The highest BCUT2D eigenvalue weighted by Gasteiger charge is 2.30. The summed E-state index contributed by atoms with van der Waals surface area (Å²) in [5, 5.41) is 0.773. The Balaban J connectivity index is 2.02. The van der Waals surface area contributed by atoms with Crippen molar-refractivity contribution < 1.29 is 0 Å². The van der Waals surface area contributed by atoms with E-state index in [1.54, 1.807) is 0 Å². The van der Waals surface area contributed by atoms with E-state index in [4.69, 9.17) is 17.3 Å². The normalized spacial score (nSPS) is 17.8.